The fourth-order valence-corrected chi connectivity index (χ4v) is 3.01. The first-order valence-electron chi connectivity index (χ1n) is 7.17. The number of carbonyl (C=O) groups is 1. The van der Waals surface area contributed by atoms with Crippen molar-refractivity contribution in [2.45, 2.75) is 12.1 Å². The number of benzene rings is 1. The molecule has 0 atom stereocenters. The van der Waals surface area contributed by atoms with Crippen molar-refractivity contribution in [3.05, 3.63) is 47.2 Å². The molecule has 0 radical (unpaired) electrons. The summed E-state index contributed by atoms with van der Waals surface area (Å²) in [6.45, 7) is 1.86. The number of hydrogen-bond acceptors (Lipinski definition) is 5. The van der Waals surface area contributed by atoms with Crippen molar-refractivity contribution >= 4 is 35.0 Å². The first-order valence-corrected chi connectivity index (χ1v) is 8.53. The molecule has 24 heavy (non-hydrogen) atoms. The Balaban J connectivity index is 1.64. The summed E-state index contributed by atoms with van der Waals surface area (Å²) in [7, 11) is 1.83. The first kappa shape index (κ1) is 16.6. The number of nitrogens with zero attached hydrogens (tertiary/aromatic N) is 3. The molecule has 6 nitrogen and oxygen atoms in total. The summed E-state index contributed by atoms with van der Waals surface area (Å²) in [5.74, 6) is 1.34. The highest BCUT2D eigenvalue weighted by Gasteiger charge is 2.15. The average molecular weight is 363 g/mol. The van der Waals surface area contributed by atoms with Crippen LogP contribution < -0.4 is 5.32 Å². The number of thioether (sulfide) groups is 1. The van der Waals surface area contributed by atoms with Crippen molar-refractivity contribution in [2.24, 2.45) is 7.05 Å². The Kier molecular flexibility index (Phi) is 4.92. The Hall–Kier alpha value is -2.25. The van der Waals surface area contributed by atoms with Crippen molar-refractivity contribution in [1.82, 2.24) is 14.8 Å². The molecule has 0 saturated heterocycles. The topological polar surface area (TPSA) is 73.0 Å². The number of nitrogens with one attached hydrogen (secondary N) is 1. The monoisotopic (exact) mass is 362 g/mol. The normalized spacial score (nSPS) is 10.8. The van der Waals surface area contributed by atoms with Gasteiger partial charge in [-0.05, 0) is 36.8 Å². The summed E-state index contributed by atoms with van der Waals surface area (Å²) in [4.78, 5) is 12.1. The molecule has 3 aromatic rings. The molecule has 3 rings (SSSR count). The molecular weight excluding hydrogens is 348 g/mol. The van der Waals surface area contributed by atoms with Crippen molar-refractivity contribution in [3.63, 3.8) is 0 Å². The zero-order chi connectivity index (χ0) is 17.1. The van der Waals surface area contributed by atoms with E-state index in [2.05, 4.69) is 15.5 Å². The van der Waals surface area contributed by atoms with Crippen LogP contribution in [0.15, 0.2) is 46.2 Å². The Morgan fingerprint density at radius 1 is 1.33 bits per heavy atom. The van der Waals surface area contributed by atoms with Gasteiger partial charge in [0.25, 0.3) is 0 Å². The van der Waals surface area contributed by atoms with E-state index in [0.29, 0.717) is 27.5 Å². The quantitative estimate of drug-likeness (QED) is 0.699. The van der Waals surface area contributed by atoms with Gasteiger partial charge in [-0.15, -0.1) is 10.2 Å². The lowest BCUT2D eigenvalue weighted by molar-refractivity contribution is -0.113. The number of halogens is 1. The van der Waals surface area contributed by atoms with Gasteiger partial charge >= 0.3 is 0 Å². The van der Waals surface area contributed by atoms with Crippen LogP contribution in [0.2, 0.25) is 5.02 Å². The molecule has 0 bridgehead atoms. The summed E-state index contributed by atoms with van der Waals surface area (Å²) in [5.41, 5.74) is 1.55. The zero-order valence-electron chi connectivity index (χ0n) is 13.1. The van der Waals surface area contributed by atoms with Crippen LogP contribution in [0.4, 0.5) is 5.69 Å². The summed E-state index contributed by atoms with van der Waals surface area (Å²) in [6.07, 6.45) is 1.58. The van der Waals surface area contributed by atoms with Crippen LogP contribution in [-0.4, -0.2) is 26.4 Å². The fourth-order valence-electron chi connectivity index (χ4n) is 2.12. The van der Waals surface area contributed by atoms with Gasteiger partial charge in [0.15, 0.2) is 16.7 Å². The van der Waals surface area contributed by atoms with Gasteiger partial charge in [0.05, 0.1) is 12.0 Å². The van der Waals surface area contributed by atoms with E-state index in [-0.39, 0.29) is 11.7 Å². The summed E-state index contributed by atoms with van der Waals surface area (Å²) in [6, 6.07) is 9.01. The standard InChI is InChI=1S/C16H15ClN4O2S/c1-10-11(17)5-3-6-12(10)18-14(22)9-24-16-20-19-15(21(16)2)13-7-4-8-23-13/h3-8H,9H2,1-2H3,(H,18,22). The SMILES string of the molecule is Cc1c(Cl)cccc1NC(=O)CSc1nnc(-c2ccco2)n1C. The number of furan rings is 1. The summed E-state index contributed by atoms with van der Waals surface area (Å²) >= 11 is 7.36. The van der Waals surface area contributed by atoms with Gasteiger partial charge in [0, 0.05) is 17.8 Å². The molecule has 124 valence electrons. The number of anilines is 1. The Bertz CT molecular complexity index is 861. The molecule has 1 amide bonds. The Morgan fingerprint density at radius 2 is 2.17 bits per heavy atom. The Morgan fingerprint density at radius 3 is 2.92 bits per heavy atom. The minimum atomic E-state index is -0.132. The number of rotatable bonds is 5. The second-order valence-electron chi connectivity index (χ2n) is 5.09. The highest BCUT2D eigenvalue weighted by atomic mass is 35.5. The van der Waals surface area contributed by atoms with E-state index in [0.717, 1.165) is 5.56 Å². The van der Waals surface area contributed by atoms with E-state index in [1.54, 1.807) is 29.0 Å². The lowest BCUT2D eigenvalue weighted by Gasteiger charge is -2.09. The highest BCUT2D eigenvalue weighted by Crippen LogP contribution is 2.25. The van der Waals surface area contributed by atoms with Crippen LogP contribution in [-0.2, 0) is 11.8 Å². The van der Waals surface area contributed by atoms with Crippen LogP contribution in [0.25, 0.3) is 11.6 Å². The summed E-state index contributed by atoms with van der Waals surface area (Å²) < 4.78 is 7.11. The third-order valence-corrected chi connectivity index (χ3v) is 4.88. The number of amides is 1. The number of hydrogen-bond donors (Lipinski definition) is 1. The molecule has 0 aliphatic heterocycles. The molecule has 8 heteroatoms. The van der Waals surface area contributed by atoms with Crippen LogP contribution in [0, 0.1) is 6.92 Å². The fraction of sp³-hybridized carbons (Fsp3) is 0.188. The van der Waals surface area contributed by atoms with Gasteiger partial charge in [-0.3, -0.25) is 4.79 Å². The van der Waals surface area contributed by atoms with Gasteiger partial charge in [-0.2, -0.15) is 0 Å². The maximum absolute atomic E-state index is 12.1. The van der Waals surface area contributed by atoms with Crippen molar-refractivity contribution in [2.75, 3.05) is 11.1 Å². The van der Waals surface area contributed by atoms with Crippen molar-refractivity contribution in [1.29, 1.82) is 0 Å². The van der Waals surface area contributed by atoms with Gasteiger partial charge in [-0.1, -0.05) is 29.4 Å². The van der Waals surface area contributed by atoms with E-state index < -0.39 is 0 Å². The molecule has 0 spiro atoms. The molecule has 1 N–H and O–H groups in total. The first-order chi connectivity index (χ1) is 11.6. The second-order valence-corrected chi connectivity index (χ2v) is 6.44. The molecule has 0 saturated carbocycles. The zero-order valence-corrected chi connectivity index (χ0v) is 14.7. The predicted molar refractivity (Wildman–Crippen MR) is 94.2 cm³/mol. The van der Waals surface area contributed by atoms with Gasteiger partial charge in [-0.25, -0.2) is 0 Å². The third kappa shape index (κ3) is 3.47. The minimum absolute atomic E-state index is 0.132. The van der Waals surface area contributed by atoms with E-state index >= 15 is 0 Å². The maximum atomic E-state index is 12.1. The molecule has 2 aromatic heterocycles. The van der Waals surface area contributed by atoms with E-state index in [1.165, 1.54) is 11.8 Å². The number of carbonyl (C=O) groups excluding carboxylic acids is 1. The van der Waals surface area contributed by atoms with Crippen molar-refractivity contribution < 1.29 is 9.21 Å². The molecule has 0 aliphatic carbocycles. The van der Waals surface area contributed by atoms with Gasteiger partial charge in [0.2, 0.25) is 5.91 Å². The lowest BCUT2D eigenvalue weighted by atomic mass is 10.2. The highest BCUT2D eigenvalue weighted by molar-refractivity contribution is 7.99. The van der Waals surface area contributed by atoms with Gasteiger partial charge in [0.1, 0.15) is 0 Å². The van der Waals surface area contributed by atoms with E-state index in [4.69, 9.17) is 16.0 Å². The maximum Gasteiger partial charge on any atom is 0.234 e. The number of aromatic nitrogens is 3. The molecular formula is C16H15ClN4O2S. The van der Waals surface area contributed by atoms with Gasteiger partial charge < -0.3 is 14.3 Å². The Labute approximate surface area is 148 Å². The molecule has 0 aliphatic rings. The van der Waals surface area contributed by atoms with Crippen LogP contribution >= 0.6 is 23.4 Å². The lowest BCUT2D eigenvalue weighted by Crippen LogP contribution is -2.15. The van der Waals surface area contributed by atoms with Crippen LogP contribution in [0.3, 0.4) is 0 Å². The summed E-state index contributed by atoms with van der Waals surface area (Å²) in [5, 5.41) is 12.3. The third-order valence-electron chi connectivity index (χ3n) is 3.45. The van der Waals surface area contributed by atoms with Crippen LogP contribution in [0.1, 0.15) is 5.56 Å². The van der Waals surface area contributed by atoms with Crippen molar-refractivity contribution in [3.8, 4) is 11.6 Å². The molecule has 0 fully saturated rings. The van der Waals surface area contributed by atoms with E-state index in [1.807, 2.05) is 26.1 Å². The molecule has 2 heterocycles. The van der Waals surface area contributed by atoms with Crippen LogP contribution in [0.5, 0.6) is 0 Å². The predicted octanol–water partition coefficient (Wildman–Crippen LogP) is 3.77. The minimum Gasteiger partial charge on any atom is -0.461 e. The smallest absolute Gasteiger partial charge is 0.234 e. The average Bonchev–Trinajstić information content (AvgIpc) is 3.19. The second kappa shape index (κ2) is 7.11. The molecule has 1 aromatic carbocycles. The van der Waals surface area contributed by atoms with E-state index in [9.17, 15) is 4.79 Å². The largest absolute Gasteiger partial charge is 0.461 e. The molecule has 0 unspecified atom stereocenters.